The van der Waals surface area contributed by atoms with Crippen LogP contribution in [0, 0.1) is 11.3 Å². The van der Waals surface area contributed by atoms with Crippen LogP contribution in [0.4, 0.5) is 0 Å². The van der Waals surface area contributed by atoms with Gasteiger partial charge in [-0.25, -0.2) is 9.67 Å². The Morgan fingerprint density at radius 3 is 2.69 bits per heavy atom. The maximum Gasteiger partial charge on any atom is 0.266 e. The van der Waals surface area contributed by atoms with Crippen molar-refractivity contribution in [3.8, 4) is 6.07 Å². The minimum Gasteiger partial charge on any atom is -0.340 e. The Hall–Kier alpha value is -2.99. The molecule has 1 amide bonds. The number of aryl methyl sites for hydroxylation is 1. The van der Waals surface area contributed by atoms with E-state index in [1.54, 1.807) is 38.4 Å². The molecule has 0 unspecified atom stereocenters. The Labute approximate surface area is 157 Å². The third-order valence-corrected chi connectivity index (χ3v) is 4.56. The minimum absolute atomic E-state index is 0.115. The summed E-state index contributed by atoms with van der Waals surface area (Å²) in [6.45, 7) is 0.265. The van der Waals surface area contributed by atoms with Crippen LogP contribution in [0.3, 0.4) is 0 Å². The average molecular weight is 415 g/mol. The molecule has 0 aliphatic heterocycles. The number of amides is 1. The second-order valence-electron chi connectivity index (χ2n) is 5.85. The van der Waals surface area contributed by atoms with Crippen LogP contribution in [0.2, 0.25) is 0 Å². The molecule has 0 aliphatic rings. The van der Waals surface area contributed by atoms with Gasteiger partial charge in [0, 0.05) is 20.6 Å². The number of fused-ring (bicyclic) bond motifs is 1. The van der Waals surface area contributed by atoms with E-state index >= 15 is 0 Å². The molecule has 9 heteroatoms. The molecule has 0 bridgehead atoms. The number of benzene rings is 1. The summed E-state index contributed by atoms with van der Waals surface area (Å²) in [4.78, 5) is 30.8. The molecule has 3 rings (SSSR count). The van der Waals surface area contributed by atoms with Crippen molar-refractivity contribution in [3.63, 3.8) is 0 Å². The molecule has 1 aromatic carbocycles. The third kappa shape index (κ3) is 3.36. The van der Waals surface area contributed by atoms with Crippen molar-refractivity contribution in [2.24, 2.45) is 7.05 Å². The van der Waals surface area contributed by atoms with E-state index in [1.165, 1.54) is 20.5 Å². The zero-order valence-corrected chi connectivity index (χ0v) is 15.8. The van der Waals surface area contributed by atoms with Gasteiger partial charge in [0.2, 0.25) is 5.91 Å². The molecule has 0 fully saturated rings. The summed E-state index contributed by atoms with van der Waals surface area (Å²) in [5.74, 6) is -0.224. The molecule has 26 heavy (non-hydrogen) atoms. The lowest BCUT2D eigenvalue weighted by atomic mass is 10.1. The van der Waals surface area contributed by atoms with Crippen LogP contribution in [-0.2, 0) is 24.9 Å². The summed E-state index contributed by atoms with van der Waals surface area (Å²) in [6.07, 6.45) is 1.35. The van der Waals surface area contributed by atoms with Gasteiger partial charge in [-0.15, -0.1) is 0 Å². The highest BCUT2D eigenvalue weighted by Gasteiger charge is 2.16. The van der Waals surface area contributed by atoms with E-state index in [0.717, 1.165) is 5.56 Å². The molecule has 0 aliphatic carbocycles. The Balaban J connectivity index is 1.77. The van der Waals surface area contributed by atoms with Crippen LogP contribution < -0.4 is 5.56 Å². The number of carbonyl (C=O) groups is 1. The topological polar surface area (TPSA) is 96.8 Å². The summed E-state index contributed by atoms with van der Waals surface area (Å²) in [6, 6.07) is 9.06. The highest BCUT2D eigenvalue weighted by molar-refractivity contribution is 9.10. The van der Waals surface area contributed by atoms with Crippen LogP contribution in [0.15, 0.2) is 40.0 Å². The Kier molecular flexibility index (Phi) is 4.86. The summed E-state index contributed by atoms with van der Waals surface area (Å²) >= 11 is 3.25. The van der Waals surface area contributed by atoms with Crippen LogP contribution in [0.25, 0.3) is 11.0 Å². The third-order valence-electron chi connectivity index (χ3n) is 4.00. The summed E-state index contributed by atoms with van der Waals surface area (Å²) < 4.78 is 3.18. The van der Waals surface area contributed by atoms with Gasteiger partial charge in [-0.3, -0.25) is 14.2 Å². The summed E-state index contributed by atoms with van der Waals surface area (Å²) in [5, 5.41) is 13.3. The van der Waals surface area contributed by atoms with Crippen LogP contribution >= 0.6 is 15.9 Å². The highest BCUT2D eigenvalue weighted by Crippen LogP contribution is 2.16. The van der Waals surface area contributed by atoms with Gasteiger partial charge < -0.3 is 4.90 Å². The maximum atomic E-state index is 12.6. The first-order valence-corrected chi connectivity index (χ1v) is 8.50. The number of likely N-dealkylation sites (N-methyl/N-ethyl adjacent to an activating group) is 1. The molecule has 0 radical (unpaired) electrons. The molecule has 3 aromatic rings. The Bertz CT molecular complexity index is 1080. The van der Waals surface area contributed by atoms with Gasteiger partial charge >= 0.3 is 0 Å². The predicted octanol–water partition coefficient (Wildman–Crippen LogP) is 1.42. The van der Waals surface area contributed by atoms with Crippen LogP contribution in [0.1, 0.15) is 11.1 Å². The van der Waals surface area contributed by atoms with Crippen molar-refractivity contribution < 1.29 is 4.79 Å². The van der Waals surface area contributed by atoms with Crippen molar-refractivity contribution in [1.29, 1.82) is 5.26 Å². The SMILES string of the molecule is CN(Cc1ccc(C#N)cc1)C(=O)Cn1cnc2c(c(Br)nn2C)c1=O. The first-order chi connectivity index (χ1) is 12.4. The molecule has 2 aromatic heterocycles. The molecular formula is C17H15BrN6O2. The second-order valence-corrected chi connectivity index (χ2v) is 6.60. The van der Waals surface area contributed by atoms with E-state index in [2.05, 4.69) is 32.1 Å². The maximum absolute atomic E-state index is 12.6. The van der Waals surface area contributed by atoms with Crippen molar-refractivity contribution >= 4 is 32.9 Å². The fourth-order valence-electron chi connectivity index (χ4n) is 2.56. The molecular weight excluding hydrogens is 400 g/mol. The van der Waals surface area contributed by atoms with E-state index in [1.807, 2.05) is 0 Å². The van der Waals surface area contributed by atoms with Gasteiger partial charge in [-0.2, -0.15) is 10.4 Å². The molecule has 0 atom stereocenters. The largest absolute Gasteiger partial charge is 0.340 e. The molecule has 8 nitrogen and oxygen atoms in total. The lowest BCUT2D eigenvalue weighted by Gasteiger charge is -2.18. The van der Waals surface area contributed by atoms with Crippen molar-refractivity contribution in [2.45, 2.75) is 13.1 Å². The van der Waals surface area contributed by atoms with Crippen molar-refractivity contribution in [2.75, 3.05) is 7.05 Å². The quantitative estimate of drug-likeness (QED) is 0.642. The zero-order valence-electron chi connectivity index (χ0n) is 14.2. The van der Waals surface area contributed by atoms with Crippen LogP contribution in [-0.4, -0.2) is 37.2 Å². The Morgan fingerprint density at radius 1 is 1.35 bits per heavy atom. The lowest BCUT2D eigenvalue weighted by molar-refractivity contribution is -0.131. The summed E-state index contributed by atoms with van der Waals surface area (Å²) in [7, 11) is 3.36. The first kappa shape index (κ1) is 17.8. The molecule has 0 spiro atoms. The highest BCUT2D eigenvalue weighted by atomic mass is 79.9. The standard InChI is InChI=1S/C17H15BrN6O2/c1-22(8-12-5-3-11(7-19)4-6-12)13(25)9-24-10-20-16-14(17(24)26)15(18)21-23(16)2/h3-6,10H,8-9H2,1-2H3. The number of rotatable bonds is 4. The van der Waals surface area contributed by atoms with E-state index in [0.29, 0.717) is 27.7 Å². The normalized spacial score (nSPS) is 10.7. The molecule has 2 heterocycles. The van der Waals surface area contributed by atoms with Gasteiger partial charge in [-0.05, 0) is 33.6 Å². The van der Waals surface area contributed by atoms with E-state index in [-0.39, 0.29) is 18.0 Å². The van der Waals surface area contributed by atoms with Gasteiger partial charge in [0.15, 0.2) is 5.65 Å². The fraction of sp³-hybridized carbons (Fsp3) is 0.235. The molecule has 0 saturated carbocycles. The van der Waals surface area contributed by atoms with E-state index < -0.39 is 0 Å². The predicted molar refractivity (Wildman–Crippen MR) is 98.1 cm³/mol. The Morgan fingerprint density at radius 2 is 2.04 bits per heavy atom. The molecule has 0 saturated heterocycles. The van der Waals surface area contributed by atoms with Gasteiger partial charge in [0.1, 0.15) is 22.9 Å². The first-order valence-electron chi connectivity index (χ1n) is 7.71. The van der Waals surface area contributed by atoms with Gasteiger partial charge in [-0.1, -0.05) is 12.1 Å². The number of nitriles is 1. The average Bonchev–Trinajstić information content (AvgIpc) is 2.92. The number of aromatic nitrogens is 4. The number of hydrogen-bond acceptors (Lipinski definition) is 5. The van der Waals surface area contributed by atoms with Crippen molar-refractivity contribution in [1.82, 2.24) is 24.2 Å². The van der Waals surface area contributed by atoms with E-state index in [4.69, 9.17) is 5.26 Å². The van der Waals surface area contributed by atoms with Crippen LogP contribution in [0.5, 0.6) is 0 Å². The fourth-order valence-corrected chi connectivity index (χ4v) is 3.15. The van der Waals surface area contributed by atoms with Gasteiger partial charge in [0.05, 0.1) is 11.6 Å². The number of hydrogen-bond donors (Lipinski definition) is 0. The number of carbonyl (C=O) groups excluding carboxylic acids is 1. The monoisotopic (exact) mass is 414 g/mol. The lowest BCUT2D eigenvalue weighted by Crippen LogP contribution is -2.33. The number of halogens is 1. The molecule has 0 N–H and O–H groups in total. The zero-order chi connectivity index (χ0) is 18.8. The van der Waals surface area contributed by atoms with Crippen molar-refractivity contribution in [3.05, 3.63) is 56.7 Å². The van der Waals surface area contributed by atoms with Gasteiger partial charge in [0.25, 0.3) is 5.56 Å². The van der Waals surface area contributed by atoms with E-state index in [9.17, 15) is 9.59 Å². The second kappa shape index (κ2) is 7.09. The number of nitrogens with zero attached hydrogens (tertiary/aromatic N) is 6. The summed E-state index contributed by atoms with van der Waals surface area (Å²) in [5.41, 5.74) is 1.60. The smallest absolute Gasteiger partial charge is 0.266 e. The minimum atomic E-state index is -0.324. The molecule has 132 valence electrons.